The third-order valence-electron chi connectivity index (χ3n) is 3.76. The van der Waals surface area contributed by atoms with Crippen LogP contribution in [0.15, 0.2) is 45.9 Å². The molecule has 148 valence electrons. The minimum absolute atomic E-state index is 0.112. The van der Waals surface area contributed by atoms with Crippen LogP contribution in [0, 0.1) is 10.1 Å². The number of nitro groups is 1. The summed E-state index contributed by atoms with van der Waals surface area (Å²) in [4.78, 5) is 10.9. The zero-order chi connectivity index (χ0) is 20.4. The lowest BCUT2D eigenvalue weighted by Gasteiger charge is -2.23. The molecule has 2 rings (SSSR count). The molecule has 0 bridgehead atoms. The number of halogens is 3. The van der Waals surface area contributed by atoms with E-state index in [1.165, 1.54) is 6.26 Å². The number of likely N-dealkylation sites (N-methyl/N-ethyl adjacent to an activating group) is 1. The maximum Gasteiger partial charge on any atom is 0.501 e. The third-order valence-corrected chi connectivity index (χ3v) is 5.25. The van der Waals surface area contributed by atoms with Crippen molar-refractivity contribution in [1.82, 2.24) is 4.90 Å². The SMILES string of the molecule is CN(C)C(CNc1ccc(S(=O)(=O)C(F)(F)F)cc1[N+](=O)[O-])c1ccco1. The van der Waals surface area contributed by atoms with Gasteiger partial charge >= 0.3 is 5.51 Å². The van der Waals surface area contributed by atoms with Gasteiger partial charge in [0.25, 0.3) is 15.5 Å². The van der Waals surface area contributed by atoms with E-state index in [0.717, 1.165) is 6.07 Å². The summed E-state index contributed by atoms with van der Waals surface area (Å²) >= 11 is 0. The van der Waals surface area contributed by atoms with Crippen molar-refractivity contribution in [3.63, 3.8) is 0 Å². The summed E-state index contributed by atoms with van der Waals surface area (Å²) in [7, 11) is -2.18. The molecule has 12 heteroatoms. The number of hydrogen-bond acceptors (Lipinski definition) is 7. The molecule has 1 atom stereocenters. The first-order valence-corrected chi connectivity index (χ1v) is 8.97. The highest BCUT2D eigenvalue weighted by atomic mass is 32.2. The first kappa shape index (κ1) is 20.7. The molecule has 1 aromatic carbocycles. The van der Waals surface area contributed by atoms with Crippen molar-refractivity contribution in [1.29, 1.82) is 0 Å². The molecule has 0 aliphatic rings. The van der Waals surface area contributed by atoms with Gasteiger partial charge in [0.2, 0.25) is 0 Å². The molecule has 27 heavy (non-hydrogen) atoms. The van der Waals surface area contributed by atoms with Crippen LogP contribution >= 0.6 is 0 Å². The monoisotopic (exact) mass is 407 g/mol. The fourth-order valence-electron chi connectivity index (χ4n) is 2.34. The van der Waals surface area contributed by atoms with Crippen LogP contribution in [-0.2, 0) is 9.84 Å². The van der Waals surface area contributed by atoms with Crippen molar-refractivity contribution in [3.8, 4) is 0 Å². The van der Waals surface area contributed by atoms with Gasteiger partial charge in [-0.1, -0.05) is 0 Å². The molecule has 0 saturated carbocycles. The zero-order valence-electron chi connectivity index (χ0n) is 14.2. The molecule has 0 spiro atoms. The Morgan fingerprint density at radius 2 is 1.96 bits per heavy atom. The second kappa shape index (κ2) is 7.56. The average Bonchev–Trinajstić information content (AvgIpc) is 3.07. The number of nitro benzene ring substituents is 1. The van der Waals surface area contributed by atoms with Crippen molar-refractivity contribution < 1.29 is 30.9 Å². The summed E-state index contributed by atoms with van der Waals surface area (Å²) in [6, 6.07) is 5.06. The Kier molecular flexibility index (Phi) is 5.80. The number of furan rings is 1. The van der Waals surface area contributed by atoms with Gasteiger partial charge in [-0.2, -0.15) is 13.2 Å². The van der Waals surface area contributed by atoms with Gasteiger partial charge in [-0.3, -0.25) is 15.0 Å². The maximum atomic E-state index is 12.7. The summed E-state index contributed by atoms with van der Waals surface area (Å²) in [5.74, 6) is 0.575. The van der Waals surface area contributed by atoms with Gasteiger partial charge in [0.1, 0.15) is 11.4 Å². The van der Waals surface area contributed by atoms with Crippen molar-refractivity contribution >= 4 is 21.2 Å². The van der Waals surface area contributed by atoms with E-state index in [-0.39, 0.29) is 18.3 Å². The number of sulfone groups is 1. The van der Waals surface area contributed by atoms with Gasteiger partial charge in [0.15, 0.2) is 0 Å². The summed E-state index contributed by atoms with van der Waals surface area (Å²) in [5, 5.41) is 14.0. The van der Waals surface area contributed by atoms with Crippen molar-refractivity contribution in [2.75, 3.05) is 26.0 Å². The van der Waals surface area contributed by atoms with E-state index in [1.54, 1.807) is 31.1 Å². The van der Waals surface area contributed by atoms with Crippen LogP contribution in [0.4, 0.5) is 24.5 Å². The predicted octanol–water partition coefficient (Wildman–Crippen LogP) is 3.20. The van der Waals surface area contributed by atoms with Gasteiger partial charge < -0.3 is 9.73 Å². The minimum Gasteiger partial charge on any atom is -0.468 e. The number of hydrogen-bond donors (Lipinski definition) is 1. The molecule has 0 amide bonds. The standard InChI is InChI=1S/C15H16F3N3O5S/c1-20(2)13(14-4-3-7-26-14)9-19-11-6-5-10(8-12(11)21(22)23)27(24,25)15(16,17)18/h3-8,13,19H,9H2,1-2H3. The van der Waals surface area contributed by atoms with Gasteiger partial charge in [-0.15, -0.1) is 0 Å². The number of anilines is 1. The second-order valence-corrected chi connectivity index (χ2v) is 7.70. The van der Waals surface area contributed by atoms with E-state index in [2.05, 4.69) is 5.32 Å². The Balaban J connectivity index is 2.34. The van der Waals surface area contributed by atoms with E-state index in [9.17, 15) is 31.7 Å². The number of benzene rings is 1. The van der Waals surface area contributed by atoms with Crippen LogP contribution in [0.1, 0.15) is 11.8 Å². The predicted molar refractivity (Wildman–Crippen MR) is 90.0 cm³/mol. The first-order valence-electron chi connectivity index (χ1n) is 7.48. The quantitative estimate of drug-likeness (QED) is 0.555. The normalized spacial score (nSPS) is 13.6. The van der Waals surface area contributed by atoms with Crippen LogP contribution in [0.25, 0.3) is 0 Å². The summed E-state index contributed by atoms with van der Waals surface area (Å²) in [6.07, 6.45) is 1.46. The number of rotatable bonds is 7. The van der Waals surface area contributed by atoms with Crippen molar-refractivity contribution in [3.05, 3.63) is 52.5 Å². The van der Waals surface area contributed by atoms with E-state index < -0.39 is 30.9 Å². The fraction of sp³-hybridized carbons (Fsp3) is 0.333. The smallest absolute Gasteiger partial charge is 0.468 e. The summed E-state index contributed by atoms with van der Waals surface area (Å²) in [5.41, 5.74) is -6.44. The van der Waals surface area contributed by atoms with E-state index in [1.807, 2.05) is 0 Å². The number of nitrogens with one attached hydrogen (secondary N) is 1. The minimum atomic E-state index is -5.68. The maximum absolute atomic E-state index is 12.7. The lowest BCUT2D eigenvalue weighted by molar-refractivity contribution is -0.384. The van der Waals surface area contributed by atoms with E-state index in [0.29, 0.717) is 17.9 Å². The molecule has 1 aromatic heterocycles. The number of alkyl halides is 3. The molecular weight excluding hydrogens is 391 g/mol. The highest BCUT2D eigenvalue weighted by Gasteiger charge is 2.47. The summed E-state index contributed by atoms with van der Waals surface area (Å²) in [6.45, 7) is 0.132. The molecule has 2 aromatic rings. The lowest BCUT2D eigenvalue weighted by atomic mass is 10.2. The van der Waals surface area contributed by atoms with Gasteiger partial charge in [0.05, 0.1) is 22.1 Å². The Morgan fingerprint density at radius 1 is 1.30 bits per heavy atom. The largest absolute Gasteiger partial charge is 0.501 e. The van der Waals surface area contributed by atoms with Crippen LogP contribution in [0.5, 0.6) is 0 Å². The van der Waals surface area contributed by atoms with Crippen molar-refractivity contribution in [2.24, 2.45) is 0 Å². The van der Waals surface area contributed by atoms with Crippen LogP contribution in [-0.4, -0.2) is 44.4 Å². The van der Waals surface area contributed by atoms with Crippen LogP contribution in [0.3, 0.4) is 0 Å². The van der Waals surface area contributed by atoms with Crippen LogP contribution < -0.4 is 5.32 Å². The van der Waals surface area contributed by atoms with Crippen molar-refractivity contribution in [2.45, 2.75) is 16.4 Å². The molecule has 0 aliphatic heterocycles. The molecule has 1 unspecified atom stereocenters. The highest BCUT2D eigenvalue weighted by Crippen LogP contribution is 2.35. The fourth-order valence-corrected chi connectivity index (χ4v) is 3.12. The highest BCUT2D eigenvalue weighted by molar-refractivity contribution is 7.92. The Hall–Kier alpha value is -2.60. The second-order valence-electron chi connectivity index (χ2n) is 5.76. The Labute approximate surface area is 152 Å². The Morgan fingerprint density at radius 3 is 2.44 bits per heavy atom. The topological polar surface area (TPSA) is 106 Å². The van der Waals surface area contributed by atoms with Gasteiger partial charge in [0, 0.05) is 12.6 Å². The number of nitrogens with zero attached hydrogens (tertiary/aromatic N) is 2. The van der Waals surface area contributed by atoms with Crippen LogP contribution in [0.2, 0.25) is 0 Å². The molecule has 1 N–H and O–H groups in total. The third kappa shape index (κ3) is 4.39. The Bertz CT molecular complexity index is 911. The molecular formula is C15H16F3N3O5S. The zero-order valence-corrected chi connectivity index (χ0v) is 15.0. The average molecular weight is 407 g/mol. The molecule has 0 radical (unpaired) electrons. The molecule has 0 saturated heterocycles. The van der Waals surface area contributed by atoms with Gasteiger partial charge in [-0.25, -0.2) is 8.42 Å². The lowest BCUT2D eigenvalue weighted by Crippen LogP contribution is -2.27. The molecule has 1 heterocycles. The first-order chi connectivity index (χ1) is 12.4. The van der Waals surface area contributed by atoms with E-state index >= 15 is 0 Å². The van der Waals surface area contributed by atoms with Gasteiger partial charge in [-0.05, 0) is 38.4 Å². The molecule has 8 nitrogen and oxygen atoms in total. The molecule has 0 fully saturated rings. The molecule has 0 aliphatic carbocycles. The summed E-state index contributed by atoms with van der Waals surface area (Å²) < 4.78 is 66.2. The van der Waals surface area contributed by atoms with E-state index in [4.69, 9.17) is 4.42 Å².